The smallest absolute Gasteiger partial charge is 0.152 e. The van der Waals surface area contributed by atoms with Crippen LogP contribution < -0.4 is 15.8 Å². The molecule has 1 aromatic heterocycles. The molecule has 5 heteroatoms. The molecule has 0 fully saturated rings. The fourth-order valence-electron chi connectivity index (χ4n) is 1.58. The van der Waals surface area contributed by atoms with Gasteiger partial charge >= 0.3 is 0 Å². The van der Waals surface area contributed by atoms with Crippen LogP contribution in [-0.4, -0.2) is 16.4 Å². The summed E-state index contributed by atoms with van der Waals surface area (Å²) >= 11 is 0. The van der Waals surface area contributed by atoms with Crippen LogP contribution in [0, 0.1) is 0 Å². The first-order chi connectivity index (χ1) is 8.69. The number of nitrogens with two attached hydrogens (primary N) is 1. The molecule has 0 bridgehead atoms. The topological polar surface area (TPSA) is 65.1 Å². The highest BCUT2D eigenvalue weighted by Gasteiger charge is 2.03. The van der Waals surface area contributed by atoms with E-state index in [1.807, 2.05) is 37.5 Å². The zero-order valence-corrected chi connectivity index (χ0v) is 10.7. The minimum Gasteiger partial charge on any atom is -0.491 e. The van der Waals surface area contributed by atoms with E-state index in [9.17, 15) is 0 Å². The summed E-state index contributed by atoms with van der Waals surface area (Å²) in [5.41, 5.74) is 7.41. The summed E-state index contributed by atoms with van der Waals surface area (Å²) in [5, 5.41) is 7.45. The van der Waals surface area contributed by atoms with Gasteiger partial charge in [-0.05, 0) is 18.6 Å². The molecule has 1 aromatic carbocycles. The number of nitrogen functional groups attached to an aromatic ring is 1. The molecule has 0 spiro atoms. The first kappa shape index (κ1) is 12.3. The number of anilines is 3. The fraction of sp³-hybridized carbons (Fsp3) is 0.308. The number of hydrogen-bond acceptors (Lipinski definition) is 4. The number of aryl methyl sites for hydroxylation is 1. The average Bonchev–Trinajstić information content (AvgIpc) is 2.75. The number of benzene rings is 1. The van der Waals surface area contributed by atoms with Crippen LogP contribution in [0.1, 0.15) is 13.3 Å². The Kier molecular flexibility index (Phi) is 3.72. The van der Waals surface area contributed by atoms with Crippen molar-refractivity contribution in [2.45, 2.75) is 13.3 Å². The number of rotatable bonds is 5. The van der Waals surface area contributed by atoms with Crippen LogP contribution in [0.5, 0.6) is 5.75 Å². The van der Waals surface area contributed by atoms with Crippen LogP contribution in [0.25, 0.3) is 0 Å². The zero-order valence-electron chi connectivity index (χ0n) is 10.7. The summed E-state index contributed by atoms with van der Waals surface area (Å²) < 4.78 is 7.32. The Morgan fingerprint density at radius 1 is 1.39 bits per heavy atom. The first-order valence-electron chi connectivity index (χ1n) is 5.98. The van der Waals surface area contributed by atoms with Crippen molar-refractivity contribution < 1.29 is 4.74 Å². The van der Waals surface area contributed by atoms with Crippen molar-refractivity contribution in [2.24, 2.45) is 7.05 Å². The monoisotopic (exact) mass is 246 g/mol. The van der Waals surface area contributed by atoms with Gasteiger partial charge in [0, 0.05) is 31.1 Å². The molecule has 0 amide bonds. The van der Waals surface area contributed by atoms with Crippen molar-refractivity contribution in [2.75, 3.05) is 17.7 Å². The molecule has 0 aliphatic carbocycles. The molecule has 2 aromatic rings. The summed E-state index contributed by atoms with van der Waals surface area (Å²) in [7, 11) is 1.88. The third kappa shape index (κ3) is 2.94. The van der Waals surface area contributed by atoms with Gasteiger partial charge in [-0.3, -0.25) is 4.68 Å². The summed E-state index contributed by atoms with van der Waals surface area (Å²) in [6.45, 7) is 2.73. The van der Waals surface area contributed by atoms with E-state index in [-0.39, 0.29) is 0 Å². The normalized spacial score (nSPS) is 10.3. The molecular weight excluding hydrogens is 228 g/mol. The fourth-order valence-corrected chi connectivity index (χ4v) is 1.58. The first-order valence-corrected chi connectivity index (χ1v) is 5.98. The van der Waals surface area contributed by atoms with Crippen molar-refractivity contribution in [1.29, 1.82) is 0 Å². The van der Waals surface area contributed by atoms with Crippen LogP contribution in [0.4, 0.5) is 17.2 Å². The Morgan fingerprint density at radius 3 is 2.89 bits per heavy atom. The summed E-state index contributed by atoms with van der Waals surface area (Å²) in [6.07, 6.45) is 2.84. The van der Waals surface area contributed by atoms with Gasteiger partial charge in [0.25, 0.3) is 0 Å². The molecule has 0 unspecified atom stereocenters. The third-order valence-corrected chi connectivity index (χ3v) is 2.46. The standard InChI is InChI=1S/C13H18N4O/c1-3-8-18-12-9-10(4-5-11(12)14)15-13-6-7-17(2)16-13/h4-7,9H,3,8,14H2,1-2H3,(H,15,16). The Balaban J connectivity index is 2.13. The maximum absolute atomic E-state index is 5.86. The lowest BCUT2D eigenvalue weighted by molar-refractivity contribution is 0.319. The molecular formula is C13H18N4O. The second-order valence-electron chi connectivity index (χ2n) is 4.10. The van der Waals surface area contributed by atoms with Gasteiger partial charge in [-0.25, -0.2) is 0 Å². The molecule has 1 heterocycles. The number of hydrogen-bond donors (Lipinski definition) is 2. The van der Waals surface area contributed by atoms with E-state index in [1.165, 1.54) is 0 Å². The SMILES string of the molecule is CCCOc1cc(Nc2ccn(C)n2)ccc1N. The Morgan fingerprint density at radius 2 is 2.22 bits per heavy atom. The van der Waals surface area contributed by atoms with Crippen LogP contribution in [0.3, 0.4) is 0 Å². The predicted molar refractivity (Wildman–Crippen MR) is 73.1 cm³/mol. The lowest BCUT2D eigenvalue weighted by atomic mass is 10.2. The van der Waals surface area contributed by atoms with E-state index in [0.29, 0.717) is 18.0 Å². The largest absolute Gasteiger partial charge is 0.491 e. The maximum Gasteiger partial charge on any atom is 0.152 e. The van der Waals surface area contributed by atoms with Gasteiger partial charge < -0.3 is 15.8 Å². The van der Waals surface area contributed by atoms with Gasteiger partial charge in [0.2, 0.25) is 0 Å². The van der Waals surface area contributed by atoms with E-state index in [4.69, 9.17) is 10.5 Å². The van der Waals surface area contributed by atoms with Crippen molar-refractivity contribution in [3.8, 4) is 5.75 Å². The average molecular weight is 246 g/mol. The van der Waals surface area contributed by atoms with Gasteiger partial charge in [-0.1, -0.05) is 6.92 Å². The van der Waals surface area contributed by atoms with Crippen molar-refractivity contribution in [3.05, 3.63) is 30.5 Å². The van der Waals surface area contributed by atoms with Crippen LogP contribution in [-0.2, 0) is 7.05 Å². The van der Waals surface area contributed by atoms with Crippen molar-refractivity contribution in [3.63, 3.8) is 0 Å². The molecule has 18 heavy (non-hydrogen) atoms. The zero-order chi connectivity index (χ0) is 13.0. The second-order valence-corrected chi connectivity index (χ2v) is 4.10. The molecule has 0 saturated carbocycles. The van der Waals surface area contributed by atoms with E-state index >= 15 is 0 Å². The van der Waals surface area contributed by atoms with Crippen LogP contribution in [0.2, 0.25) is 0 Å². The van der Waals surface area contributed by atoms with E-state index in [0.717, 1.165) is 17.9 Å². The summed E-state index contributed by atoms with van der Waals surface area (Å²) in [6, 6.07) is 7.53. The molecule has 0 aliphatic rings. The molecule has 96 valence electrons. The lowest BCUT2D eigenvalue weighted by Crippen LogP contribution is -2.00. The number of ether oxygens (including phenoxy) is 1. The Bertz CT molecular complexity index is 521. The summed E-state index contributed by atoms with van der Waals surface area (Å²) in [4.78, 5) is 0. The molecule has 0 saturated heterocycles. The van der Waals surface area contributed by atoms with E-state index in [2.05, 4.69) is 17.3 Å². The number of aromatic nitrogens is 2. The van der Waals surface area contributed by atoms with E-state index < -0.39 is 0 Å². The maximum atomic E-state index is 5.86. The van der Waals surface area contributed by atoms with Crippen LogP contribution in [0.15, 0.2) is 30.5 Å². The highest BCUT2D eigenvalue weighted by atomic mass is 16.5. The Labute approximate surface area is 107 Å². The van der Waals surface area contributed by atoms with Gasteiger partial charge in [0.1, 0.15) is 5.75 Å². The lowest BCUT2D eigenvalue weighted by Gasteiger charge is -2.10. The molecule has 0 radical (unpaired) electrons. The van der Waals surface area contributed by atoms with E-state index in [1.54, 1.807) is 4.68 Å². The molecule has 3 N–H and O–H groups in total. The van der Waals surface area contributed by atoms with Crippen molar-refractivity contribution >= 4 is 17.2 Å². The highest BCUT2D eigenvalue weighted by Crippen LogP contribution is 2.27. The highest BCUT2D eigenvalue weighted by molar-refractivity contribution is 5.65. The minimum atomic E-state index is 0.648. The minimum absolute atomic E-state index is 0.648. The summed E-state index contributed by atoms with van der Waals surface area (Å²) in [5.74, 6) is 1.50. The van der Waals surface area contributed by atoms with Crippen LogP contribution >= 0.6 is 0 Å². The number of nitrogens with one attached hydrogen (secondary N) is 1. The molecule has 2 rings (SSSR count). The number of nitrogens with zero attached hydrogens (tertiary/aromatic N) is 2. The Hall–Kier alpha value is -2.17. The quantitative estimate of drug-likeness (QED) is 0.796. The second kappa shape index (κ2) is 5.44. The van der Waals surface area contributed by atoms with Gasteiger partial charge in [0.05, 0.1) is 12.3 Å². The van der Waals surface area contributed by atoms with Gasteiger partial charge in [0.15, 0.2) is 5.82 Å². The third-order valence-electron chi connectivity index (χ3n) is 2.46. The predicted octanol–water partition coefficient (Wildman–Crippen LogP) is 2.53. The molecule has 0 aliphatic heterocycles. The van der Waals surface area contributed by atoms with Gasteiger partial charge in [-0.15, -0.1) is 0 Å². The van der Waals surface area contributed by atoms with Gasteiger partial charge in [-0.2, -0.15) is 5.10 Å². The van der Waals surface area contributed by atoms with Crippen molar-refractivity contribution in [1.82, 2.24) is 9.78 Å². The molecule has 0 atom stereocenters. The molecule has 5 nitrogen and oxygen atoms in total.